The summed E-state index contributed by atoms with van der Waals surface area (Å²) in [5.74, 6) is 0.989. The average Bonchev–Trinajstić information content (AvgIpc) is 3.41. The van der Waals surface area contributed by atoms with Gasteiger partial charge in [0.05, 0.1) is 0 Å². The molecule has 0 spiro atoms. The average molecular weight is 354 g/mol. The molecule has 0 atom stereocenters. The highest BCUT2D eigenvalue weighted by molar-refractivity contribution is 5.79. The molecular formula is C18H28F2N4O. The predicted molar refractivity (Wildman–Crippen MR) is 96.2 cm³/mol. The second-order valence-corrected chi connectivity index (χ2v) is 6.21. The van der Waals surface area contributed by atoms with Crippen molar-refractivity contribution in [3.05, 3.63) is 29.8 Å². The molecule has 1 aromatic carbocycles. The molecule has 2 rings (SSSR count). The van der Waals surface area contributed by atoms with Crippen molar-refractivity contribution in [3.63, 3.8) is 0 Å². The lowest BCUT2D eigenvalue weighted by Gasteiger charge is -2.24. The monoisotopic (exact) mass is 354 g/mol. The van der Waals surface area contributed by atoms with Gasteiger partial charge in [0.2, 0.25) is 0 Å². The van der Waals surface area contributed by atoms with Gasteiger partial charge in [-0.25, -0.2) is 0 Å². The van der Waals surface area contributed by atoms with Gasteiger partial charge in [0.15, 0.2) is 5.96 Å². The van der Waals surface area contributed by atoms with Crippen LogP contribution in [-0.4, -0.2) is 62.1 Å². The van der Waals surface area contributed by atoms with Gasteiger partial charge in [0, 0.05) is 39.8 Å². The highest BCUT2D eigenvalue weighted by Crippen LogP contribution is 2.25. The molecule has 0 bridgehead atoms. The number of benzene rings is 1. The van der Waals surface area contributed by atoms with E-state index in [0.717, 1.165) is 37.2 Å². The highest BCUT2D eigenvalue weighted by atomic mass is 19.3. The van der Waals surface area contributed by atoms with Crippen molar-refractivity contribution in [1.29, 1.82) is 0 Å². The Hall–Kier alpha value is -1.89. The summed E-state index contributed by atoms with van der Waals surface area (Å²) >= 11 is 0. The van der Waals surface area contributed by atoms with E-state index in [1.165, 1.54) is 12.8 Å². The van der Waals surface area contributed by atoms with Gasteiger partial charge >= 0.3 is 6.61 Å². The Morgan fingerprint density at radius 3 is 2.52 bits per heavy atom. The van der Waals surface area contributed by atoms with Gasteiger partial charge in [-0.2, -0.15) is 8.78 Å². The zero-order chi connectivity index (χ0) is 18.2. The number of halogens is 2. The third-order valence-corrected chi connectivity index (χ3v) is 4.29. The first-order valence-electron chi connectivity index (χ1n) is 8.73. The molecule has 0 aliphatic heterocycles. The van der Waals surface area contributed by atoms with Crippen LogP contribution in [0.5, 0.6) is 5.75 Å². The van der Waals surface area contributed by atoms with Crippen molar-refractivity contribution in [2.45, 2.75) is 39.0 Å². The van der Waals surface area contributed by atoms with Crippen LogP contribution in [0.4, 0.5) is 8.78 Å². The minimum absolute atomic E-state index is 0.170. The van der Waals surface area contributed by atoms with E-state index in [-0.39, 0.29) is 5.75 Å². The van der Waals surface area contributed by atoms with Crippen LogP contribution < -0.4 is 10.1 Å². The molecule has 140 valence electrons. The summed E-state index contributed by atoms with van der Waals surface area (Å²) in [6, 6.07) is 7.45. The first kappa shape index (κ1) is 19.4. The maximum atomic E-state index is 12.2. The number of rotatable bonds is 9. The molecule has 7 heteroatoms. The van der Waals surface area contributed by atoms with Crippen molar-refractivity contribution < 1.29 is 13.5 Å². The summed E-state index contributed by atoms with van der Waals surface area (Å²) in [5, 5.41) is 3.38. The second-order valence-electron chi connectivity index (χ2n) is 6.21. The van der Waals surface area contributed by atoms with Gasteiger partial charge in [0.25, 0.3) is 0 Å². The molecule has 0 unspecified atom stereocenters. The lowest BCUT2D eigenvalue weighted by atomic mass is 10.2. The number of nitrogens with zero attached hydrogens (tertiary/aromatic N) is 3. The lowest BCUT2D eigenvalue weighted by molar-refractivity contribution is -0.0498. The van der Waals surface area contributed by atoms with E-state index in [1.807, 2.05) is 11.9 Å². The number of likely N-dealkylation sites (N-methyl/N-ethyl adjacent to an activating group) is 1. The number of nitrogens with one attached hydrogen (secondary N) is 1. The maximum Gasteiger partial charge on any atom is 0.387 e. The predicted octanol–water partition coefficient (Wildman–Crippen LogP) is 2.78. The van der Waals surface area contributed by atoms with Gasteiger partial charge in [-0.3, -0.25) is 9.89 Å². The second kappa shape index (κ2) is 9.56. The third kappa shape index (κ3) is 6.49. The Balaban J connectivity index is 1.79. The quantitative estimate of drug-likeness (QED) is 0.547. The van der Waals surface area contributed by atoms with E-state index in [9.17, 15) is 8.78 Å². The Morgan fingerprint density at radius 2 is 2.00 bits per heavy atom. The van der Waals surface area contributed by atoms with Crippen LogP contribution in [0.3, 0.4) is 0 Å². The Morgan fingerprint density at radius 1 is 1.32 bits per heavy atom. The Kier molecular flexibility index (Phi) is 7.43. The van der Waals surface area contributed by atoms with Crippen LogP contribution in [0.15, 0.2) is 29.3 Å². The topological polar surface area (TPSA) is 40.1 Å². The molecule has 1 fully saturated rings. The zero-order valence-corrected chi connectivity index (χ0v) is 15.2. The molecule has 1 aliphatic carbocycles. The number of hydrogen-bond donors (Lipinski definition) is 1. The number of hydrogen-bond acceptors (Lipinski definition) is 3. The molecule has 1 saturated carbocycles. The molecular weight excluding hydrogens is 326 g/mol. The third-order valence-electron chi connectivity index (χ3n) is 4.29. The molecule has 0 aromatic heterocycles. The van der Waals surface area contributed by atoms with Crippen molar-refractivity contribution >= 4 is 5.96 Å². The van der Waals surface area contributed by atoms with E-state index in [1.54, 1.807) is 31.3 Å². The summed E-state index contributed by atoms with van der Waals surface area (Å²) in [4.78, 5) is 8.81. The summed E-state index contributed by atoms with van der Waals surface area (Å²) in [6.45, 7) is 2.97. The van der Waals surface area contributed by atoms with E-state index in [4.69, 9.17) is 0 Å². The molecule has 1 N–H and O–H groups in total. The number of ether oxygens (including phenoxy) is 1. The van der Waals surface area contributed by atoms with Crippen molar-refractivity contribution in [2.24, 2.45) is 4.99 Å². The minimum atomic E-state index is -2.80. The Labute approximate surface area is 148 Å². The summed E-state index contributed by atoms with van der Waals surface area (Å²) in [7, 11) is 3.72. The maximum absolute atomic E-state index is 12.2. The molecule has 0 radical (unpaired) electrons. The van der Waals surface area contributed by atoms with Crippen molar-refractivity contribution in [2.75, 3.05) is 33.7 Å². The first-order chi connectivity index (χ1) is 12.0. The van der Waals surface area contributed by atoms with E-state index in [0.29, 0.717) is 6.54 Å². The molecule has 1 aromatic rings. The summed E-state index contributed by atoms with van der Waals surface area (Å²) in [6.07, 6.45) is 2.63. The Bertz CT molecular complexity index is 547. The van der Waals surface area contributed by atoms with Crippen LogP contribution in [-0.2, 0) is 6.54 Å². The smallest absolute Gasteiger partial charge is 0.387 e. The van der Waals surface area contributed by atoms with Gasteiger partial charge < -0.3 is 15.0 Å². The van der Waals surface area contributed by atoms with Crippen LogP contribution in [0.25, 0.3) is 0 Å². The molecule has 0 amide bonds. The molecule has 0 saturated heterocycles. The van der Waals surface area contributed by atoms with Crippen molar-refractivity contribution in [1.82, 2.24) is 15.1 Å². The normalized spacial score (nSPS) is 14.9. The van der Waals surface area contributed by atoms with Crippen molar-refractivity contribution in [3.8, 4) is 5.75 Å². The number of guanidine groups is 1. The fourth-order valence-corrected chi connectivity index (χ4v) is 2.86. The minimum Gasteiger partial charge on any atom is -0.435 e. The fraction of sp³-hybridized carbons (Fsp3) is 0.611. The molecule has 0 heterocycles. The first-order valence-corrected chi connectivity index (χ1v) is 8.73. The fourth-order valence-electron chi connectivity index (χ4n) is 2.86. The van der Waals surface area contributed by atoms with E-state index in [2.05, 4.69) is 26.9 Å². The molecule has 5 nitrogen and oxygen atoms in total. The van der Waals surface area contributed by atoms with Crippen LogP contribution in [0, 0.1) is 0 Å². The van der Waals surface area contributed by atoms with Gasteiger partial charge in [0.1, 0.15) is 5.75 Å². The summed E-state index contributed by atoms with van der Waals surface area (Å²) < 4.78 is 28.7. The number of aliphatic imine (C=N–C) groups is 1. The molecule has 1 aliphatic rings. The van der Waals surface area contributed by atoms with E-state index >= 15 is 0 Å². The lowest BCUT2D eigenvalue weighted by Crippen LogP contribution is -2.42. The zero-order valence-electron chi connectivity index (χ0n) is 15.2. The van der Waals surface area contributed by atoms with E-state index < -0.39 is 6.61 Å². The van der Waals surface area contributed by atoms with Gasteiger partial charge in [-0.1, -0.05) is 19.1 Å². The summed E-state index contributed by atoms with van der Waals surface area (Å²) in [5.41, 5.74) is 1.00. The van der Waals surface area contributed by atoms with Gasteiger partial charge in [-0.15, -0.1) is 0 Å². The van der Waals surface area contributed by atoms with Crippen LogP contribution in [0.1, 0.15) is 25.3 Å². The standard InChI is InChI=1S/C18H28F2N4O/c1-4-24(15-7-8-15)12-11-22-18(21-2)23(3)13-14-5-9-16(10-6-14)25-17(19)20/h5-6,9-10,15,17H,4,7-8,11-13H2,1-3H3,(H,21,22). The SMILES string of the molecule is CCN(CCNC(=NC)N(C)Cc1ccc(OC(F)F)cc1)C1CC1. The molecule has 25 heavy (non-hydrogen) atoms. The van der Waals surface area contributed by atoms with Crippen LogP contribution in [0.2, 0.25) is 0 Å². The highest BCUT2D eigenvalue weighted by Gasteiger charge is 2.27. The largest absolute Gasteiger partial charge is 0.435 e. The van der Waals surface area contributed by atoms with Gasteiger partial charge in [-0.05, 0) is 37.1 Å². The van der Waals surface area contributed by atoms with Crippen LogP contribution >= 0.6 is 0 Å². The number of alkyl halides is 2.